The van der Waals surface area contributed by atoms with Crippen molar-refractivity contribution in [2.75, 3.05) is 19.8 Å². The minimum Gasteiger partial charge on any atom is -0.463 e. The smallest absolute Gasteiger partial charge is 0.407 e. The molecule has 3 rings (SSSR count). The Bertz CT molecular complexity index is 1560. The molecule has 1 aromatic carbocycles. The van der Waals surface area contributed by atoms with E-state index in [0.29, 0.717) is 5.56 Å². The molecule has 304 valence electrons. The monoisotopic (exact) mass is 840 g/mol. The number of ether oxygens (including phenoxy) is 10. The van der Waals surface area contributed by atoms with E-state index in [1.807, 2.05) is 0 Å². The predicted molar refractivity (Wildman–Crippen MR) is 185 cm³/mol. The molecule has 2 fully saturated rings. The normalized spacial score (nSPS) is 27.6. The third-order valence-corrected chi connectivity index (χ3v) is 7.79. The summed E-state index contributed by atoms with van der Waals surface area (Å²) >= 11 is 17.3. The molecule has 55 heavy (non-hydrogen) atoms. The molecule has 0 spiro atoms. The van der Waals surface area contributed by atoms with Gasteiger partial charge in [-0.3, -0.25) is 24.0 Å². The fraction of sp³-hybridized carbons (Fsp3) is 0.625. The van der Waals surface area contributed by atoms with Gasteiger partial charge in [0.05, 0.1) is 6.61 Å². The van der Waals surface area contributed by atoms with Gasteiger partial charge in [0.2, 0.25) is 10.1 Å². The van der Waals surface area contributed by atoms with Crippen LogP contribution in [-0.4, -0.2) is 121 Å². The number of alkyl halides is 3. The Morgan fingerprint density at radius 3 is 1.82 bits per heavy atom. The third kappa shape index (κ3) is 14.8. The van der Waals surface area contributed by atoms with Crippen LogP contribution in [-0.2, 0) is 77.9 Å². The quantitative estimate of drug-likeness (QED) is 0.0665. The van der Waals surface area contributed by atoms with Crippen molar-refractivity contribution in [1.82, 2.24) is 5.32 Å². The van der Waals surface area contributed by atoms with Crippen molar-refractivity contribution in [3.05, 3.63) is 46.3 Å². The summed E-state index contributed by atoms with van der Waals surface area (Å²) in [6, 6.07) is 5.54. The number of esters is 5. The number of benzene rings is 1. The van der Waals surface area contributed by atoms with Crippen LogP contribution in [0, 0.1) is 0 Å². The molecule has 2 heterocycles. The SMILES string of the molecule is CC(=O)OC[C@H]1O[C@@H](O[C@H]2[C@H](OCc3ccccc3)[C@@H](N=[N+]=[N-])C(OC(C)=O)O[C@@H]2COC(C)=O)[C@H](NC(=O)OCC(Cl)(Cl)Cl)[C@@H](OC(C)=O)[C@@H]1OC(C)=O. The van der Waals surface area contributed by atoms with Crippen LogP contribution in [0.4, 0.5) is 4.79 Å². The van der Waals surface area contributed by atoms with Gasteiger partial charge in [-0.1, -0.05) is 70.2 Å². The molecule has 2 aliphatic heterocycles. The summed E-state index contributed by atoms with van der Waals surface area (Å²) in [5.74, 6) is -4.18. The molecule has 0 saturated carbocycles. The number of nitrogens with zero attached hydrogens (tertiary/aromatic N) is 3. The molecule has 0 radical (unpaired) electrons. The minimum absolute atomic E-state index is 0.147. The van der Waals surface area contributed by atoms with Crippen molar-refractivity contribution in [2.45, 2.75) is 106 Å². The molecule has 0 bridgehead atoms. The molecule has 20 nitrogen and oxygen atoms in total. The van der Waals surface area contributed by atoms with Gasteiger partial charge in [-0.05, 0) is 11.1 Å². The van der Waals surface area contributed by atoms with E-state index in [1.54, 1.807) is 30.3 Å². The lowest BCUT2D eigenvalue weighted by Crippen LogP contribution is -2.69. The Morgan fingerprint density at radius 1 is 0.745 bits per heavy atom. The third-order valence-electron chi connectivity index (χ3n) is 7.46. The molecular formula is C32H39Cl3N4O16. The van der Waals surface area contributed by atoms with Crippen LogP contribution in [0.3, 0.4) is 0 Å². The number of alkyl carbamates (subject to hydrolysis) is 1. The summed E-state index contributed by atoms with van der Waals surface area (Å²) in [7, 11) is 0. The molecule has 2 aliphatic rings. The fourth-order valence-corrected chi connectivity index (χ4v) is 5.61. The predicted octanol–water partition coefficient (Wildman–Crippen LogP) is 3.10. The maximum absolute atomic E-state index is 13.2. The van der Waals surface area contributed by atoms with E-state index < -0.39 is 121 Å². The Kier molecular flexibility index (Phi) is 17.5. The van der Waals surface area contributed by atoms with Crippen LogP contribution < -0.4 is 5.32 Å². The number of nitrogens with one attached hydrogen (secondary N) is 1. The highest BCUT2D eigenvalue weighted by Crippen LogP contribution is 2.35. The number of carbonyl (C=O) groups excluding carboxylic acids is 6. The zero-order valence-electron chi connectivity index (χ0n) is 30.0. The summed E-state index contributed by atoms with van der Waals surface area (Å²) in [5, 5.41) is 6.18. The lowest BCUT2D eigenvalue weighted by atomic mass is 9.94. The molecule has 1 aromatic rings. The van der Waals surface area contributed by atoms with E-state index in [0.717, 1.165) is 34.6 Å². The zero-order chi connectivity index (χ0) is 40.9. The number of rotatable bonds is 15. The summed E-state index contributed by atoms with van der Waals surface area (Å²) in [6.45, 7) is 3.27. The summed E-state index contributed by atoms with van der Waals surface area (Å²) in [5.41, 5.74) is 10.2. The van der Waals surface area contributed by atoms with Crippen LogP contribution in [0.5, 0.6) is 0 Å². The zero-order valence-corrected chi connectivity index (χ0v) is 32.3. The van der Waals surface area contributed by atoms with E-state index in [-0.39, 0.29) is 6.61 Å². The van der Waals surface area contributed by atoms with Gasteiger partial charge in [0.15, 0.2) is 18.5 Å². The van der Waals surface area contributed by atoms with Gasteiger partial charge in [-0.25, -0.2) is 4.79 Å². The van der Waals surface area contributed by atoms with E-state index >= 15 is 0 Å². The first-order valence-corrected chi connectivity index (χ1v) is 17.5. The molecule has 1 unspecified atom stereocenters. The molecule has 1 amide bonds. The maximum Gasteiger partial charge on any atom is 0.407 e. The van der Waals surface area contributed by atoms with E-state index in [1.165, 1.54) is 0 Å². The van der Waals surface area contributed by atoms with Crippen LogP contribution >= 0.6 is 34.8 Å². The Balaban J connectivity index is 2.21. The second-order valence-electron chi connectivity index (χ2n) is 11.9. The molecule has 23 heteroatoms. The Labute approximate surface area is 329 Å². The second kappa shape index (κ2) is 21.2. The number of carbonyl (C=O) groups is 6. The van der Waals surface area contributed by atoms with Gasteiger partial charge >= 0.3 is 35.9 Å². The minimum atomic E-state index is -2.05. The van der Waals surface area contributed by atoms with Crippen molar-refractivity contribution in [1.29, 1.82) is 0 Å². The van der Waals surface area contributed by atoms with Gasteiger partial charge in [-0.2, -0.15) is 0 Å². The lowest BCUT2D eigenvalue weighted by Gasteiger charge is -2.49. The highest BCUT2D eigenvalue weighted by Gasteiger charge is 2.56. The Hall–Kier alpha value is -4.14. The van der Waals surface area contributed by atoms with Gasteiger partial charge < -0.3 is 52.7 Å². The van der Waals surface area contributed by atoms with E-state index in [2.05, 4.69) is 15.3 Å². The average Bonchev–Trinajstić information content (AvgIpc) is 3.08. The van der Waals surface area contributed by atoms with Crippen molar-refractivity contribution >= 4 is 70.7 Å². The fourth-order valence-electron chi connectivity index (χ4n) is 5.44. The van der Waals surface area contributed by atoms with Crippen molar-refractivity contribution in [2.24, 2.45) is 5.11 Å². The summed E-state index contributed by atoms with van der Waals surface area (Å²) in [6.07, 6.45) is -13.7. The standard InChI is InChI=1S/C32H39Cl3N4O16/c1-15(40)46-12-21-25(27(48-11-20-9-7-6-8-10-20)24(38-39-36)30(54-21)52-19(5)44)55-29-23(37-31(45)49-14-32(33,34)35)28(51-18(4)43)26(50-17(3)42)22(53-29)13-47-16(2)41/h6-10,21-30H,11-14H2,1-5H3,(H,37,45)/t21-,22-,23-,24-,25-,26-,27-,28-,29+,30?/m1/s1. The van der Waals surface area contributed by atoms with Gasteiger partial charge in [0.25, 0.3) is 0 Å². The molecular weight excluding hydrogens is 803 g/mol. The van der Waals surface area contributed by atoms with Crippen molar-refractivity contribution in [3.8, 4) is 0 Å². The van der Waals surface area contributed by atoms with Crippen LogP contribution in [0.2, 0.25) is 0 Å². The van der Waals surface area contributed by atoms with Crippen LogP contribution in [0.25, 0.3) is 10.4 Å². The number of hydrogen-bond donors (Lipinski definition) is 1. The molecule has 0 aromatic heterocycles. The number of azide groups is 1. The summed E-state index contributed by atoms with van der Waals surface area (Å²) < 4.78 is 54.6. The highest BCUT2D eigenvalue weighted by atomic mass is 35.6. The summed E-state index contributed by atoms with van der Waals surface area (Å²) in [4.78, 5) is 76.9. The average molecular weight is 842 g/mol. The Morgan fingerprint density at radius 2 is 1.29 bits per heavy atom. The first-order chi connectivity index (χ1) is 25.9. The topological polar surface area (TPSA) is 256 Å². The molecule has 2 saturated heterocycles. The van der Waals surface area contributed by atoms with Crippen molar-refractivity contribution < 1.29 is 76.1 Å². The molecule has 1 N–H and O–H groups in total. The van der Waals surface area contributed by atoms with E-state index in [4.69, 9.17) is 82.2 Å². The van der Waals surface area contributed by atoms with Gasteiger partial charge in [0, 0.05) is 39.5 Å². The lowest BCUT2D eigenvalue weighted by molar-refractivity contribution is -0.332. The molecule has 10 atom stereocenters. The number of hydrogen-bond acceptors (Lipinski definition) is 17. The van der Waals surface area contributed by atoms with Crippen LogP contribution in [0.1, 0.15) is 40.2 Å². The first kappa shape index (κ1) is 45.3. The van der Waals surface area contributed by atoms with Crippen molar-refractivity contribution in [3.63, 3.8) is 0 Å². The van der Waals surface area contributed by atoms with Gasteiger partial charge in [-0.15, -0.1) is 0 Å². The highest BCUT2D eigenvalue weighted by molar-refractivity contribution is 6.67. The second-order valence-corrected chi connectivity index (χ2v) is 14.4. The van der Waals surface area contributed by atoms with Crippen LogP contribution in [0.15, 0.2) is 35.4 Å². The maximum atomic E-state index is 13.2. The largest absolute Gasteiger partial charge is 0.463 e. The number of halogens is 3. The molecule has 0 aliphatic carbocycles. The number of amides is 1. The first-order valence-electron chi connectivity index (χ1n) is 16.3. The van der Waals surface area contributed by atoms with E-state index in [9.17, 15) is 34.3 Å². The van der Waals surface area contributed by atoms with Gasteiger partial charge in [0.1, 0.15) is 56.3 Å².